The van der Waals surface area contributed by atoms with Crippen molar-refractivity contribution in [3.05, 3.63) is 76.7 Å². The molecule has 0 bridgehead atoms. The normalized spacial score (nSPS) is 20.2. The van der Waals surface area contributed by atoms with Crippen LogP contribution in [-0.2, 0) is 23.9 Å². The second kappa shape index (κ2) is 11.1. The molecule has 3 heterocycles. The molecule has 0 spiro atoms. The molecule has 0 unspecified atom stereocenters. The number of carbonyl (C=O) groups is 1. The summed E-state index contributed by atoms with van der Waals surface area (Å²) in [4.78, 5) is 25.2. The molecule has 1 aliphatic heterocycles. The lowest BCUT2D eigenvalue weighted by Crippen LogP contribution is -2.46. The Hall–Kier alpha value is -3.18. The van der Waals surface area contributed by atoms with Gasteiger partial charge in [-0.05, 0) is 37.1 Å². The second-order valence-electron chi connectivity index (χ2n) is 8.80. The van der Waals surface area contributed by atoms with Crippen molar-refractivity contribution in [1.29, 1.82) is 0 Å². The van der Waals surface area contributed by atoms with Crippen LogP contribution in [0.3, 0.4) is 0 Å². The molecule has 3 atom stereocenters. The topological polar surface area (TPSA) is 71.0 Å². The summed E-state index contributed by atoms with van der Waals surface area (Å²) in [5, 5.41) is 3.24. The molecule has 2 aromatic heterocycles. The van der Waals surface area contributed by atoms with Gasteiger partial charge in [-0.2, -0.15) is 13.2 Å². The van der Waals surface area contributed by atoms with E-state index in [9.17, 15) is 26.7 Å². The summed E-state index contributed by atoms with van der Waals surface area (Å²) in [7, 11) is 0. The Labute approximate surface area is 214 Å². The Morgan fingerprint density at radius 3 is 2.57 bits per heavy atom. The number of carbonyl (C=O) groups excluding carboxylic acids is 1. The molecule has 0 saturated carbocycles. The van der Waals surface area contributed by atoms with Crippen molar-refractivity contribution in [1.82, 2.24) is 25.2 Å². The maximum Gasteiger partial charge on any atom is 0.451 e. The fourth-order valence-electron chi connectivity index (χ4n) is 4.29. The van der Waals surface area contributed by atoms with Gasteiger partial charge in [0.15, 0.2) is 0 Å². The monoisotopic (exact) mass is 539 g/mol. The maximum atomic E-state index is 14.5. The lowest BCUT2D eigenvalue weighted by Gasteiger charge is -2.27. The summed E-state index contributed by atoms with van der Waals surface area (Å²) in [6.45, 7) is 1.93. The zero-order valence-corrected chi connectivity index (χ0v) is 20.4. The van der Waals surface area contributed by atoms with Crippen LogP contribution in [0.2, 0.25) is 5.02 Å². The molecule has 0 aliphatic carbocycles. The molecule has 0 radical (unpaired) electrons. The smallest absolute Gasteiger partial charge is 0.351 e. The number of rotatable bonds is 7. The first-order valence-electron chi connectivity index (χ1n) is 11.5. The van der Waals surface area contributed by atoms with E-state index in [1.54, 1.807) is 17.9 Å². The number of hydrogen-bond donors (Lipinski definition) is 1. The minimum absolute atomic E-state index is 0.00944. The summed E-state index contributed by atoms with van der Waals surface area (Å²) in [5.74, 6) is -2.46. The van der Waals surface area contributed by atoms with Gasteiger partial charge in [0.05, 0.1) is 17.9 Å². The van der Waals surface area contributed by atoms with Gasteiger partial charge in [-0.3, -0.25) is 14.7 Å². The quantitative estimate of drug-likeness (QED) is 0.427. The average Bonchev–Trinajstić information content (AvgIpc) is 3.15. The van der Waals surface area contributed by atoms with E-state index in [1.165, 1.54) is 6.07 Å². The summed E-state index contributed by atoms with van der Waals surface area (Å²) in [6, 6.07) is 7.38. The van der Waals surface area contributed by atoms with Crippen LogP contribution in [0.15, 0.2) is 48.9 Å². The van der Waals surface area contributed by atoms with Gasteiger partial charge >= 0.3 is 6.18 Å². The molecule has 4 rings (SSSR count). The predicted octanol–water partition coefficient (Wildman–Crippen LogP) is 5.01. The average molecular weight is 540 g/mol. The lowest BCUT2D eigenvalue weighted by atomic mass is 10.1. The predicted molar refractivity (Wildman–Crippen MR) is 127 cm³/mol. The van der Waals surface area contributed by atoms with Crippen molar-refractivity contribution in [3.8, 4) is 11.3 Å². The van der Waals surface area contributed by atoms with E-state index >= 15 is 0 Å². The van der Waals surface area contributed by atoms with Crippen molar-refractivity contribution >= 4 is 17.5 Å². The van der Waals surface area contributed by atoms with Crippen LogP contribution in [0, 0.1) is 5.82 Å². The van der Waals surface area contributed by atoms with E-state index in [2.05, 4.69) is 20.3 Å². The van der Waals surface area contributed by atoms with Gasteiger partial charge < -0.3 is 5.32 Å². The Kier molecular flexibility index (Phi) is 8.03. The molecule has 3 aromatic rings. The van der Waals surface area contributed by atoms with Crippen LogP contribution in [0.25, 0.3) is 11.3 Å². The van der Waals surface area contributed by atoms with E-state index in [0.717, 1.165) is 24.2 Å². The van der Waals surface area contributed by atoms with Gasteiger partial charge in [-0.1, -0.05) is 23.7 Å². The summed E-state index contributed by atoms with van der Waals surface area (Å²) in [6.07, 6.45) is -2.52. The van der Waals surface area contributed by atoms with Gasteiger partial charge in [0.2, 0.25) is 11.7 Å². The number of hydrogen-bond acceptors (Lipinski definition) is 5. The Morgan fingerprint density at radius 1 is 1.16 bits per heavy atom. The van der Waals surface area contributed by atoms with Crippen LogP contribution >= 0.6 is 11.6 Å². The van der Waals surface area contributed by atoms with Crippen molar-refractivity contribution in [3.63, 3.8) is 0 Å². The highest BCUT2D eigenvalue weighted by Gasteiger charge is 2.42. The fourth-order valence-corrected chi connectivity index (χ4v) is 4.50. The number of alkyl halides is 4. The third-order valence-corrected chi connectivity index (χ3v) is 6.57. The van der Waals surface area contributed by atoms with Crippen LogP contribution in [0.5, 0.6) is 0 Å². The summed E-state index contributed by atoms with van der Waals surface area (Å²) < 4.78 is 67.1. The number of benzene rings is 1. The molecule has 1 aromatic carbocycles. The summed E-state index contributed by atoms with van der Waals surface area (Å²) >= 11 is 6.03. The first-order chi connectivity index (χ1) is 17.5. The van der Waals surface area contributed by atoms with Gasteiger partial charge in [0.25, 0.3) is 0 Å². The molecule has 1 amide bonds. The van der Waals surface area contributed by atoms with Gasteiger partial charge in [-0.25, -0.2) is 18.7 Å². The van der Waals surface area contributed by atoms with E-state index in [4.69, 9.17) is 11.6 Å². The van der Waals surface area contributed by atoms with E-state index < -0.39 is 42.0 Å². The van der Waals surface area contributed by atoms with Crippen LogP contribution < -0.4 is 5.32 Å². The number of halogens is 6. The Balaban J connectivity index is 1.43. The SMILES string of the molecule is C[C@@H]1[C@@H](F)C[C@H](C(=O)NCc2cc(-c3cnc(C(F)(F)F)nc3)ncc2F)N1CCc1cccc(Cl)c1. The molecule has 1 aliphatic rings. The highest BCUT2D eigenvalue weighted by Crippen LogP contribution is 2.29. The van der Waals surface area contributed by atoms with Gasteiger partial charge in [0, 0.05) is 54.1 Å². The van der Waals surface area contributed by atoms with Crippen molar-refractivity contribution < 1.29 is 26.7 Å². The first kappa shape index (κ1) is 26.9. The zero-order chi connectivity index (χ0) is 26.7. The van der Waals surface area contributed by atoms with Crippen LogP contribution in [0.4, 0.5) is 22.0 Å². The number of pyridine rings is 1. The number of nitrogens with zero attached hydrogens (tertiary/aromatic N) is 4. The van der Waals surface area contributed by atoms with E-state index in [1.807, 2.05) is 18.2 Å². The fraction of sp³-hybridized carbons (Fsp3) is 0.360. The third kappa shape index (κ3) is 6.40. The molecule has 1 fully saturated rings. The number of likely N-dealkylation sites (tertiary alicyclic amines) is 1. The van der Waals surface area contributed by atoms with Crippen molar-refractivity contribution in [2.24, 2.45) is 0 Å². The van der Waals surface area contributed by atoms with E-state index in [0.29, 0.717) is 18.0 Å². The zero-order valence-electron chi connectivity index (χ0n) is 19.6. The van der Waals surface area contributed by atoms with E-state index in [-0.39, 0.29) is 29.8 Å². The minimum atomic E-state index is -4.69. The lowest BCUT2D eigenvalue weighted by molar-refractivity contribution is -0.145. The highest BCUT2D eigenvalue weighted by molar-refractivity contribution is 6.30. The number of amides is 1. The molecular weight excluding hydrogens is 517 g/mol. The Bertz CT molecular complexity index is 1260. The van der Waals surface area contributed by atoms with Crippen LogP contribution in [-0.4, -0.2) is 50.6 Å². The standard InChI is InChI=1S/C25H23ClF5N5O/c1-14-19(27)9-22(36(14)6-5-15-3-2-4-18(26)7-15)23(37)33-10-16-8-21(32-13-20(16)28)17-11-34-24(35-12-17)25(29,30)31/h2-4,7-8,11-14,19,22H,5-6,9-10H2,1H3,(H,33,37)/t14-,19+,22-/m1/s1. The second-order valence-corrected chi connectivity index (χ2v) is 9.23. The molecule has 37 heavy (non-hydrogen) atoms. The van der Waals surface area contributed by atoms with Crippen LogP contribution in [0.1, 0.15) is 30.3 Å². The number of nitrogens with one attached hydrogen (secondary N) is 1. The molecule has 6 nitrogen and oxygen atoms in total. The molecule has 12 heteroatoms. The molecule has 1 N–H and O–H groups in total. The first-order valence-corrected chi connectivity index (χ1v) is 11.9. The minimum Gasteiger partial charge on any atom is -0.351 e. The summed E-state index contributed by atoms with van der Waals surface area (Å²) in [5.41, 5.74) is 1.31. The largest absolute Gasteiger partial charge is 0.451 e. The van der Waals surface area contributed by atoms with Gasteiger partial charge in [-0.15, -0.1) is 0 Å². The highest BCUT2D eigenvalue weighted by atomic mass is 35.5. The van der Waals surface area contributed by atoms with Gasteiger partial charge in [0.1, 0.15) is 12.0 Å². The third-order valence-electron chi connectivity index (χ3n) is 6.33. The maximum absolute atomic E-state index is 14.5. The number of aromatic nitrogens is 3. The molecule has 196 valence electrons. The van der Waals surface area contributed by atoms with Crippen molar-refractivity contribution in [2.45, 2.75) is 50.7 Å². The molecule has 1 saturated heterocycles. The molecular formula is C25H23ClF5N5O. The van der Waals surface area contributed by atoms with Crippen molar-refractivity contribution in [2.75, 3.05) is 6.54 Å². The Morgan fingerprint density at radius 2 is 1.89 bits per heavy atom.